The SMILES string of the molecule is C=CCc1c(C)nc(CCC)[nH]c1=O. The molecule has 0 aromatic carbocycles. The molecule has 0 aliphatic heterocycles. The lowest BCUT2D eigenvalue weighted by Gasteiger charge is -2.04. The summed E-state index contributed by atoms with van der Waals surface area (Å²) in [6.45, 7) is 7.55. The molecule has 0 aliphatic rings. The molecule has 0 amide bonds. The predicted octanol–water partition coefficient (Wildman–Crippen LogP) is 1.76. The van der Waals surface area contributed by atoms with Crippen molar-refractivity contribution < 1.29 is 0 Å². The van der Waals surface area contributed by atoms with Crippen molar-refractivity contribution in [3.63, 3.8) is 0 Å². The third-order valence-corrected chi connectivity index (χ3v) is 2.11. The van der Waals surface area contributed by atoms with Crippen molar-refractivity contribution in [2.45, 2.75) is 33.1 Å². The van der Waals surface area contributed by atoms with Crippen LogP contribution in [0.4, 0.5) is 0 Å². The van der Waals surface area contributed by atoms with Crippen LogP contribution in [0.1, 0.15) is 30.4 Å². The Bertz CT molecular complexity index is 379. The number of allylic oxidation sites excluding steroid dienone is 1. The highest BCUT2D eigenvalue weighted by molar-refractivity contribution is 5.18. The van der Waals surface area contributed by atoms with Crippen LogP contribution in [0.15, 0.2) is 17.4 Å². The number of hydrogen-bond donors (Lipinski definition) is 1. The Hall–Kier alpha value is -1.38. The molecule has 1 heterocycles. The first-order valence-electron chi connectivity index (χ1n) is 4.88. The van der Waals surface area contributed by atoms with Gasteiger partial charge in [-0.2, -0.15) is 0 Å². The number of rotatable bonds is 4. The average molecular weight is 192 g/mol. The zero-order valence-corrected chi connectivity index (χ0v) is 8.76. The second-order valence-corrected chi connectivity index (χ2v) is 3.32. The van der Waals surface area contributed by atoms with Gasteiger partial charge in [-0.3, -0.25) is 4.79 Å². The van der Waals surface area contributed by atoms with E-state index in [1.807, 2.05) is 6.92 Å². The van der Waals surface area contributed by atoms with Crippen molar-refractivity contribution in [3.05, 3.63) is 40.1 Å². The number of H-pyrrole nitrogens is 1. The predicted molar refractivity (Wildman–Crippen MR) is 57.5 cm³/mol. The molecule has 0 bridgehead atoms. The van der Waals surface area contributed by atoms with Crippen LogP contribution in [0.3, 0.4) is 0 Å². The maximum Gasteiger partial charge on any atom is 0.254 e. The summed E-state index contributed by atoms with van der Waals surface area (Å²) in [6, 6.07) is 0. The minimum atomic E-state index is -0.0270. The van der Waals surface area contributed by atoms with Crippen LogP contribution in [0.25, 0.3) is 0 Å². The van der Waals surface area contributed by atoms with Crippen molar-refractivity contribution in [2.75, 3.05) is 0 Å². The first kappa shape index (κ1) is 10.7. The van der Waals surface area contributed by atoms with Gasteiger partial charge >= 0.3 is 0 Å². The van der Waals surface area contributed by atoms with E-state index < -0.39 is 0 Å². The smallest absolute Gasteiger partial charge is 0.254 e. The topological polar surface area (TPSA) is 45.8 Å². The lowest BCUT2D eigenvalue weighted by atomic mass is 10.1. The van der Waals surface area contributed by atoms with E-state index in [0.717, 1.165) is 29.9 Å². The maximum absolute atomic E-state index is 11.6. The summed E-state index contributed by atoms with van der Waals surface area (Å²) in [5.41, 5.74) is 1.51. The lowest BCUT2D eigenvalue weighted by Crippen LogP contribution is -2.18. The molecule has 1 N–H and O–H groups in total. The number of aromatic nitrogens is 2. The lowest BCUT2D eigenvalue weighted by molar-refractivity contribution is 0.804. The molecule has 3 heteroatoms. The van der Waals surface area contributed by atoms with Gasteiger partial charge in [0.05, 0.1) is 0 Å². The molecule has 3 nitrogen and oxygen atoms in total. The van der Waals surface area contributed by atoms with Crippen LogP contribution in [-0.4, -0.2) is 9.97 Å². The molecule has 0 spiro atoms. The third-order valence-electron chi connectivity index (χ3n) is 2.11. The van der Waals surface area contributed by atoms with Crippen molar-refractivity contribution in [1.29, 1.82) is 0 Å². The number of nitrogens with one attached hydrogen (secondary N) is 1. The minimum Gasteiger partial charge on any atom is -0.310 e. The monoisotopic (exact) mass is 192 g/mol. The van der Waals surface area contributed by atoms with E-state index in [1.165, 1.54) is 0 Å². The molecule has 1 aromatic rings. The van der Waals surface area contributed by atoms with Gasteiger partial charge in [-0.05, 0) is 19.8 Å². The second-order valence-electron chi connectivity index (χ2n) is 3.32. The standard InChI is InChI=1S/C11H16N2O/c1-4-6-9-8(3)12-10(7-5-2)13-11(9)14/h4H,1,5-7H2,2-3H3,(H,12,13,14). The van der Waals surface area contributed by atoms with Crippen molar-refractivity contribution >= 4 is 0 Å². The van der Waals surface area contributed by atoms with E-state index in [4.69, 9.17) is 0 Å². The van der Waals surface area contributed by atoms with Gasteiger partial charge in [0, 0.05) is 17.7 Å². The number of hydrogen-bond acceptors (Lipinski definition) is 2. The first-order chi connectivity index (χ1) is 6.69. The Morgan fingerprint density at radius 3 is 2.79 bits per heavy atom. The summed E-state index contributed by atoms with van der Waals surface area (Å²) in [4.78, 5) is 18.7. The van der Waals surface area contributed by atoms with Crippen molar-refractivity contribution in [3.8, 4) is 0 Å². The molecule has 0 aliphatic carbocycles. The summed E-state index contributed by atoms with van der Waals surface area (Å²) in [5.74, 6) is 0.780. The quantitative estimate of drug-likeness (QED) is 0.739. The van der Waals surface area contributed by atoms with Crippen LogP contribution in [-0.2, 0) is 12.8 Å². The van der Waals surface area contributed by atoms with E-state index >= 15 is 0 Å². The fourth-order valence-electron chi connectivity index (χ4n) is 1.41. The summed E-state index contributed by atoms with van der Waals surface area (Å²) >= 11 is 0. The van der Waals surface area contributed by atoms with E-state index in [9.17, 15) is 4.79 Å². The van der Waals surface area contributed by atoms with Crippen LogP contribution in [0.2, 0.25) is 0 Å². The normalized spacial score (nSPS) is 10.1. The van der Waals surface area contributed by atoms with Gasteiger partial charge in [-0.15, -0.1) is 6.58 Å². The van der Waals surface area contributed by atoms with Crippen LogP contribution >= 0.6 is 0 Å². The Balaban J connectivity index is 3.11. The van der Waals surface area contributed by atoms with Crippen molar-refractivity contribution in [1.82, 2.24) is 9.97 Å². The molecule has 1 aromatic heterocycles. The molecule has 76 valence electrons. The summed E-state index contributed by atoms with van der Waals surface area (Å²) in [7, 11) is 0. The third kappa shape index (κ3) is 2.31. The molecule has 0 saturated carbocycles. The Kier molecular flexibility index (Phi) is 3.63. The highest BCUT2D eigenvalue weighted by atomic mass is 16.1. The Morgan fingerprint density at radius 1 is 1.57 bits per heavy atom. The van der Waals surface area contributed by atoms with Crippen LogP contribution in [0.5, 0.6) is 0 Å². The molecule has 1 rings (SSSR count). The fraction of sp³-hybridized carbons (Fsp3) is 0.455. The van der Waals surface area contributed by atoms with Gasteiger partial charge in [0.15, 0.2) is 0 Å². The summed E-state index contributed by atoms with van der Waals surface area (Å²) in [5, 5.41) is 0. The van der Waals surface area contributed by atoms with Crippen LogP contribution in [0, 0.1) is 6.92 Å². The Morgan fingerprint density at radius 2 is 2.29 bits per heavy atom. The molecular formula is C11H16N2O. The zero-order valence-electron chi connectivity index (χ0n) is 8.76. The largest absolute Gasteiger partial charge is 0.310 e. The van der Waals surface area contributed by atoms with Gasteiger partial charge in [-0.1, -0.05) is 13.0 Å². The molecular weight excluding hydrogens is 176 g/mol. The molecule has 0 saturated heterocycles. The van der Waals surface area contributed by atoms with Gasteiger partial charge in [0.1, 0.15) is 5.82 Å². The molecule has 0 fully saturated rings. The van der Waals surface area contributed by atoms with E-state index in [2.05, 4.69) is 23.5 Å². The van der Waals surface area contributed by atoms with Crippen molar-refractivity contribution in [2.24, 2.45) is 0 Å². The van der Waals surface area contributed by atoms with Gasteiger partial charge < -0.3 is 4.98 Å². The number of nitrogens with zero attached hydrogens (tertiary/aromatic N) is 1. The highest BCUT2D eigenvalue weighted by Gasteiger charge is 2.05. The number of aromatic amines is 1. The zero-order chi connectivity index (χ0) is 10.6. The van der Waals surface area contributed by atoms with E-state index in [1.54, 1.807) is 6.08 Å². The highest BCUT2D eigenvalue weighted by Crippen LogP contribution is 2.01. The van der Waals surface area contributed by atoms with Gasteiger partial charge in [0.25, 0.3) is 5.56 Å². The summed E-state index contributed by atoms with van der Waals surface area (Å²) < 4.78 is 0. The molecule has 0 radical (unpaired) electrons. The van der Waals surface area contributed by atoms with E-state index in [-0.39, 0.29) is 5.56 Å². The molecule has 14 heavy (non-hydrogen) atoms. The first-order valence-corrected chi connectivity index (χ1v) is 4.88. The number of aryl methyl sites for hydroxylation is 2. The maximum atomic E-state index is 11.6. The summed E-state index contributed by atoms with van der Waals surface area (Å²) in [6.07, 6.45) is 4.12. The molecule has 0 atom stereocenters. The fourth-order valence-corrected chi connectivity index (χ4v) is 1.41. The second kappa shape index (κ2) is 4.74. The minimum absolute atomic E-state index is 0.0270. The average Bonchev–Trinajstić information content (AvgIpc) is 2.12. The Labute approximate surface area is 83.9 Å². The van der Waals surface area contributed by atoms with Crippen LogP contribution < -0.4 is 5.56 Å². The molecule has 0 unspecified atom stereocenters. The van der Waals surface area contributed by atoms with E-state index in [0.29, 0.717) is 6.42 Å². The van der Waals surface area contributed by atoms with Gasteiger partial charge in [-0.25, -0.2) is 4.98 Å². The van der Waals surface area contributed by atoms with Gasteiger partial charge in [0.2, 0.25) is 0 Å².